The van der Waals surface area contributed by atoms with Gasteiger partial charge in [0, 0.05) is 26.2 Å². The van der Waals surface area contributed by atoms with Crippen molar-refractivity contribution in [3.05, 3.63) is 18.0 Å². The van der Waals surface area contributed by atoms with Crippen LogP contribution in [-0.2, 0) is 22.3 Å². The highest BCUT2D eigenvalue weighted by atomic mass is 19.4. The molecule has 0 saturated carbocycles. The molecule has 1 N–H and O–H groups in total. The number of amides is 1. The van der Waals surface area contributed by atoms with Crippen LogP contribution in [0.4, 0.5) is 13.2 Å². The van der Waals surface area contributed by atoms with E-state index in [0.29, 0.717) is 0 Å². The van der Waals surface area contributed by atoms with Gasteiger partial charge >= 0.3 is 12.1 Å². The molecular formula is C11H14F3N3O3. The Labute approximate surface area is 112 Å². The lowest BCUT2D eigenvalue weighted by Crippen LogP contribution is -2.31. The molecule has 0 unspecified atom stereocenters. The van der Waals surface area contributed by atoms with E-state index in [-0.39, 0.29) is 25.9 Å². The van der Waals surface area contributed by atoms with Gasteiger partial charge in [0.05, 0.1) is 0 Å². The lowest BCUT2D eigenvalue weighted by atomic mass is 10.3. The molecule has 0 spiro atoms. The Hall–Kier alpha value is -2.06. The molecule has 0 atom stereocenters. The average Bonchev–Trinajstić information content (AvgIpc) is 2.76. The van der Waals surface area contributed by atoms with Gasteiger partial charge in [0.1, 0.15) is 6.54 Å². The Kier molecular flexibility index (Phi) is 5.12. The normalized spacial score (nSPS) is 11.4. The van der Waals surface area contributed by atoms with Gasteiger partial charge in [-0.3, -0.25) is 14.3 Å². The summed E-state index contributed by atoms with van der Waals surface area (Å²) in [6.07, 6.45) is -3.25. The van der Waals surface area contributed by atoms with Crippen LogP contribution in [0.2, 0.25) is 0 Å². The maximum Gasteiger partial charge on any atom is 0.435 e. The van der Waals surface area contributed by atoms with E-state index in [4.69, 9.17) is 5.11 Å². The molecule has 0 saturated heterocycles. The predicted octanol–water partition coefficient (Wildman–Crippen LogP) is 1.23. The van der Waals surface area contributed by atoms with Crippen molar-refractivity contribution in [2.45, 2.75) is 25.6 Å². The summed E-state index contributed by atoms with van der Waals surface area (Å²) in [6, 6.07) is 0.789. The number of carboxylic acids is 1. The zero-order valence-electron chi connectivity index (χ0n) is 10.7. The van der Waals surface area contributed by atoms with Gasteiger partial charge in [-0.15, -0.1) is 0 Å². The number of likely N-dealkylation sites (N-methyl/N-ethyl adjacent to an activating group) is 1. The van der Waals surface area contributed by atoms with E-state index in [0.717, 1.165) is 16.9 Å². The summed E-state index contributed by atoms with van der Waals surface area (Å²) in [5.74, 6) is -1.40. The number of alkyl halides is 3. The van der Waals surface area contributed by atoms with Crippen molar-refractivity contribution in [2.75, 3.05) is 13.6 Å². The summed E-state index contributed by atoms with van der Waals surface area (Å²) >= 11 is 0. The second-order valence-electron chi connectivity index (χ2n) is 4.21. The number of carboxylic acid groups (broad SMARTS) is 1. The highest BCUT2D eigenvalue weighted by Crippen LogP contribution is 2.27. The summed E-state index contributed by atoms with van der Waals surface area (Å²) in [5.41, 5.74) is -1.06. The van der Waals surface area contributed by atoms with Gasteiger partial charge in [-0.1, -0.05) is 0 Å². The quantitative estimate of drug-likeness (QED) is 0.856. The molecule has 0 aliphatic heterocycles. The highest BCUT2D eigenvalue weighted by molar-refractivity contribution is 5.75. The molecule has 0 aliphatic carbocycles. The molecule has 20 heavy (non-hydrogen) atoms. The number of rotatable bonds is 6. The number of carbonyl (C=O) groups is 2. The standard InChI is InChI=1S/C11H14F3N3O3/c1-16(5-2-3-10(19)20)9(18)7-17-6-4-8(15-17)11(12,13)14/h4,6H,2-3,5,7H2,1H3,(H,19,20). The second kappa shape index (κ2) is 6.40. The number of aliphatic carboxylic acids is 1. The van der Waals surface area contributed by atoms with E-state index in [9.17, 15) is 22.8 Å². The summed E-state index contributed by atoms with van der Waals surface area (Å²) in [7, 11) is 1.46. The lowest BCUT2D eigenvalue weighted by molar-refractivity contribution is -0.142. The Bertz CT molecular complexity index is 485. The first-order chi connectivity index (χ1) is 9.20. The van der Waals surface area contributed by atoms with Crippen molar-refractivity contribution >= 4 is 11.9 Å². The molecule has 0 fully saturated rings. The van der Waals surface area contributed by atoms with Crippen LogP contribution in [0.5, 0.6) is 0 Å². The maximum absolute atomic E-state index is 12.3. The lowest BCUT2D eigenvalue weighted by Gasteiger charge is -2.16. The van der Waals surface area contributed by atoms with Gasteiger partial charge in [0.25, 0.3) is 0 Å². The van der Waals surface area contributed by atoms with Crippen molar-refractivity contribution in [1.29, 1.82) is 0 Å². The van der Waals surface area contributed by atoms with Crippen molar-refractivity contribution < 1.29 is 27.9 Å². The monoisotopic (exact) mass is 293 g/mol. The van der Waals surface area contributed by atoms with Crippen LogP contribution in [0.3, 0.4) is 0 Å². The minimum atomic E-state index is -4.54. The van der Waals surface area contributed by atoms with Gasteiger partial charge in [0.2, 0.25) is 5.91 Å². The first kappa shape index (κ1) is 16.0. The van der Waals surface area contributed by atoms with E-state index < -0.39 is 23.7 Å². The molecule has 1 aromatic heterocycles. The van der Waals surface area contributed by atoms with Gasteiger partial charge < -0.3 is 10.0 Å². The molecule has 1 heterocycles. The van der Waals surface area contributed by atoms with Crippen LogP contribution < -0.4 is 0 Å². The van der Waals surface area contributed by atoms with E-state index in [1.807, 2.05) is 0 Å². The Morgan fingerprint density at radius 1 is 1.45 bits per heavy atom. The Morgan fingerprint density at radius 2 is 2.10 bits per heavy atom. The maximum atomic E-state index is 12.3. The number of aromatic nitrogens is 2. The van der Waals surface area contributed by atoms with Crippen molar-refractivity contribution in [3.63, 3.8) is 0 Å². The summed E-state index contributed by atoms with van der Waals surface area (Å²) in [5, 5.41) is 11.7. The summed E-state index contributed by atoms with van der Waals surface area (Å²) in [4.78, 5) is 23.3. The number of hydrogen-bond donors (Lipinski definition) is 1. The molecule has 112 valence electrons. The molecule has 0 aliphatic rings. The van der Waals surface area contributed by atoms with Gasteiger partial charge in [-0.2, -0.15) is 18.3 Å². The fraction of sp³-hybridized carbons (Fsp3) is 0.545. The minimum Gasteiger partial charge on any atom is -0.481 e. The van der Waals surface area contributed by atoms with Crippen LogP contribution >= 0.6 is 0 Å². The largest absolute Gasteiger partial charge is 0.481 e. The fourth-order valence-corrected chi connectivity index (χ4v) is 1.45. The predicted molar refractivity (Wildman–Crippen MR) is 61.7 cm³/mol. The number of carbonyl (C=O) groups excluding carboxylic acids is 1. The minimum absolute atomic E-state index is 0.0718. The molecular weight excluding hydrogens is 279 g/mol. The van der Waals surface area contributed by atoms with Crippen LogP contribution in [-0.4, -0.2) is 45.3 Å². The van der Waals surface area contributed by atoms with Crippen molar-refractivity contribution in [2.24, 2.45) is 0 Å². The van der Waals surface area contributed by atoms with Gasteiger partial charge in [-0.05, 0) is 12.5 Å². The zero-order chi connectivity index (χ0) is 15.3. The molecule has 1 aromatic rings. The van der Waals surface area contributed by atoms with Crippen molar-refractivity contribution in [1.82, 2.24) is 14.7 Å². The molecule has 9 heteroatoms. The van der Waals surface area contributed by atoms with Gasteiger partial charge in [0.15, 0.2) is 5.69 Å². The van der Waals surface area contributed by atoms with Crippen LogP contribution in [0.15, 0.2) is 12.3 Å². The third-order valence-corrected chi connectivity index (χ3v) is 2.54. The molecule has 0 aromatic carbocycles. The molecule has 1 amide bonds. The Balaban J connectivity index is 2.49. The van der Waals surface area contributed by atoms with E-state index in [1.54, 1.807) is 0 Å². The number of nitrogens with zero attached hydrogens (tertiary/aromatic N) is 3. The fourth-order valence-electron chi connectivity index (χ4n) is 1.45. The SMILES string of the molecule is CN(CCCC(=O)O)C(=O)Cn1ccc(C(F)(F)F)n1. The zero-order valence-corrected chi connectivity index (χ0v) is 10.7. The highest BCUT2D eigenvalue weighted by Gasteiger charge is 2.33. The summed E-state index contributed by atoms with van der Waals surface area (Å²) < 4.78 is 37.8. The van der Waals surface area contributed by atoms with Crippen LogP contribution in [0.25, 0.3) is 0 Å². The first-order valence-electron chi connectivity index (χ1n) is 5.76. The van der Waals surface area contributed by atoms with Crippen molar-refractivity contribution in [3.8, 4) is 0 Å². The number of hydrogen-bond acceptors (Lipinski definition) is 3. The molecule has 6 nitrogen and oxygen atoms in total. The topological polar surface area (TPSA) is 75.4 Å². The molecule has 1 rings (SSSR count). The van der Waals surface area contributed by atoms with Crippen LogP contribution in [0, 0.1) is 0 Å². The number of halogens is 3. The smallest absolute Gasteiger partial charge is 0.435 e. The summed E-state index contributed by atoms with van der Waals surface area (Å²) in [6.45, 7) is -0.0990. The Morgan fingerprint density at radius 3 is 2.60 bits per heavy atom. The molecule has 0 bridgehead atoms. The second-order valence-corrected chi connectivity index (χ2v) is 4.21. The van der Waals surface area contributed by atoms with Gasteiger partial charge in [-0.25, -0.2) is 0 Å². The van der Waals surface area contributed by atoms with E-state index in [1.165, 1.54) is 11.9 Å². The van der Waals surface area contributed by atoms with Crippen LogP contribution in [0.1, 0.15) is 18.5 Å². The first-order valence-corrected chi connectivity index (χ1v) is 5.76. The van der Waals surface area contributed by atoms with E-state index >= 15 is 0 Å². The molecule has 0 radical (unpaired) electrons. The average molecular weight is 293 g/mol. The third-order valence-electron chi connectivity index (χ3n) is 2.54. The third kappa shape index (κ3) is 4.90. The van der Waals surface area contributed by atoms with E-state index in [2.05, 4.69) is 5.10 Å².